The van der Waals surface area contributed by atoms with Crippen molar-refractivity contribution in [3.05, 3.63) is 29.1 Å². The van der Waals surface area contributed by atoms with Crippen LogP contribution in [0, 0.1) is 0 Å². The fourth-order valence-electron chi connectivity index (χ4n) is 1.76. The summed E-state index contributed by atoms with van der Waals surface area (Å²) in [4.78, 5) is 38.9. The monoisotopic (exact) mass is 323 g/mol. The second-order valence-electron chi connectivity index (χ2n) is 4.94. The Bertz CT molecular complexity index is 595. The third-order valence-electron chi connectivity index (χ3n) is 2.87. The average Bonchev–Trinajstić information content (AvgIpc) is 3.03. The van der Waals surface area contributed by atoms with Gasteiger partial charge in [0.15, 0.2) is 0 Å². The standard InChI is InChI=1S/C14H17N3O4S/c1-16(2)6-5-15-12(18)9-17-13(19)11(22-14(17)20)8-10-4-3-7-21-10/h3-4,7-8H,5-6,9H2,1-2H3,(H,15,18). The fraction of sp³-hybridized carbons (Fsp3) is 0.357. The molecule has 1 aromatic heterocycles. The molecule has 1 N–H and O–H groups in total. The first kappa shape index (κ1) is 16.3. The summed E-state index contributed by atoms with van der Waals surface area (Å²) in [5.41, 5.74) is 0. The summed E-state index contributed by atoms with van der Waals surface area (Å²) in [6.07, 6.45) is 2.98. The van der Waals surface area contributed by atoms with E-state index in [4.69, 9.17) is 4.42 Å². The first-order valence-corrected chi connectivity index (χ1v) is 7.49. The van der Waals surface area contributed by atoms with Crippen LogP contribution in [0.5, 0.6) is 0 Å². The Labute approximate surface area is 132 Å². The van der Waals surface area contributed by atoms with Crippen LogP contribution in [0.1, 0.15) is 5.76 Å². The Hall–Kier alpha value is -2.06. The predicted molar refractivity (Wildman–Crippen MR) is 82.9 cm³/mol. The van der Waals surface area contributed by atoms with Crippen molar-refractivity contribution in [3.8, 4) is 0 Å². The molecule has 0 atom stereocenters. The van der Waals surface area contributed by atoms with Crippen LogP contribution in [0.25, 0.3) is 6.08 Å². The van der Waals surface area contributed by atoms with Gasteiger partial charge >= 0.3 is 0 Å². The Morgan fingerprint density at radius 3 is 2.86 bits per heavy atom. The van der Waals surface area contributed by atoms with E-state index >= 15 is 0 Å². The molecule has 2 rings (SSSR count). The van der Waals surface area contributed by atoms with Crippen molar-refractivity contribution in [1.29, 1.82) is 0 Å². The van der Waals surface area contributed by atoms with E-state index in [-0.39, 0.29) is 17.4 Å². The zero-order valence-electron chi connectivity index (χ0n) is 12.4. The van der Waals surface area contributed by atoms with Crippen LogP contribution in [0.15, 0.2) is 27.7 Å². The molecular weight excluding hydrogens is 306 g/mol. The number of thioether (sulfide) groups is 1. The fourth-order valence-corrected chi connectivity index (χ4v) is 2.58. The van der Waals surface area contributed by atoms with Crippen molar-refractivity contribution in [2.45, 2.75) is 0 Å². The van der Waals surface area contributed by atoms with Gasteiger partial charge in [-0.1, -0.05) is 0 Å². The molecule has 0 bridgehead atoms. The Balaban J connectivity index is 1.93. The maximum absolute atomic E-state index is 12.1. The number of nitrogens with one attached hydrogen (secondary N) is 1. The van der Waals surface area contributed by atoms with Crippen LogP contribution < -0.4 is 5.32 Å². The van der Waals surface area contributed by atoms with Crippen molar-refractivity contribution in [3.63, 3.8) is 0 Å². The SMILES string of the molecule is CN(C)CCNC(=O)CN1C(=O)SC(=Cc2ccco2)C1=O. The molecule has 1 fully saturated rings. The van der Waals surface area contributed by atoms with Crippen molar-refractivity contribution in [1.82, 2.24) is 15.1 Å². The molecule has 22 heavy (non-hydrogen) atoms. The molecular formula is C14H17N3O4S. The van der Waals surface area contributed by atoms with Crippen molar-refractivity contribution in [2.24, 2.45) is 0 Å². The zero-order chi connectivity index (χ0) is 16.1. The van der Waals surface area contributed by atoms with Gasteiger partial charge in [-0.3, -0.25) is 19.3 Å². The number of nitrogens with zero attached hydrogens (tertiary/aromatic N) is 2. The summed E-state index contributed by atoms with van der Waals surface area (Å²) in [6, 6.07) is 3.37. The number of carbonyl (C=O) groups is 3. The molecule has 0 spiro atoms. The maximum Gasteiger partial charge on any atom is 0.294 e. The minimum absolute atomic E-state index is 0.251. The van der Waals surface area contributed by atoms with E-state index in [1.807, 2.05) is 19.0 Å². The van der Waals surface area contributed by atoms with Gasteiger partial charge in [0.2, 0.25) is 5.91 Å². The molecule has 0 saturated carbocycles. The number of rotatable bonds is 6. The van der Waals surface area contributed by atoms with Gasteiger partial charge in [0.05, 0.1) is 11.2 Å². The van der Waals surface area contributed by atoms with Crippen molar-refractivity contribution >= 4 is 34.9 Å². The lowest BCUT2D eigenvalue weighted by molar-refractivity contribution is -0.129. The lowest BCUT2D eigenvalue weighted by atomic mass is 10.3. The first-order valence-electron chi connectivity index (χ1n) is 6.67. The van der Waals surface area contributed by atoms with Gasteiger partial charge in [-0.2, -0.15) is 0 Å². The summed E-state index contributed by atoms with van der Waals surface area (Å²) in [5, 5.41) is 2.22. The molecule has 1 saturated heterocycles. The van der Waals surface area contributed by atoms with E-state index in [2.05, 4.69) is 5.32 Å². The summed E-state index contributed by atoms with van der Waals surface area (Å²) >= 11 is 0.801. The summed E-state index contributed by atoms with van der Waals surface area (Å²) in [6.45, 7) is 0.879. The highest BCUT2D eigenvalue weighted by Crippen LogP contribution is 2.31. The van der Waals surface area contributed by atoms with Crippen LogP contribution in [0.3, 0.4) is 0 Å². The van der Waals surface area contributed by atoms with E-state index in [1.54, 1.807) is 12.1 Å². The van der Waals surface area contributed by atoms with E-state index in [0.29, 0.717) is 18.8 Å². The van der Waals surface area contributed by atoms with Crippen LogP contribution in [0.4, 0.5) is 4.79 Å². The molecule has 3 amide bonds. The largest absolute Gasteiger partial charge is 0.465 e. The van der Waals surface area contributed by atoms with Crippen LogP contribution in [-0.2, 0) is 9.59 Å². The number of hydrogen-bond acceptors (Lipinski definition) is 6. The number of carbonyl (C=O) groups excluding carboxylic acids is 3. The van der Waals surface area contributed by atoms with Gasteiger partial charge < -0.3 is 14.6 Å². The minimum atomic E-state index is -0.478. The summed E-state index contributed by atoms with van der Waals surface area (Å²) in [7, 11) is 3.78. The second kappa shape index (κ2) is 7.28. The number of likely N-dealkylation sites (N-methyl/N-ethyl adjacent to an activating group) is 1. The highest BCUT2D eigenvalue weighted by atomic mass is 32.2. The van der Waals surface area contributed by atoms with Crippen LogP contribution in [0.2, 0.25) is 0 Å². The van der Waals surface area contributed by atoms with Gasteiger partial charge in [-0.25, -0.2) is 0 Å². The average molecular weight is 323 g/mol. The molecule has 8 heteroatoms. The summed E-state index contributed by atoms with van der Waals surface area (Å²) in [5.74, 6) is -0.349. The van der Waals surface area contributed by atoms with E-state index in [1.165, 1.54) is 12.3 Å². The highest BCUT2D eigenvalue weighted by molar-refractivity contribution is 8.18. The third-order valence-corrected chi connectivity index (χ3v) is 3.78. The Kier molecular flexibility index (Phi) is 5.40. The van der Waals surface area contributed by atoms with Crippen LogP contribution in [-0.4, -0.2) is 60.6 Å². The first-order chi connectivity index (χ1) is 10.5. The molecule has 0 aliphatic carbocycles. The Morgan fingerprint density at radius 2 is 2.23 bits per heavy atom. The quantitative estimate of drug-likeness (QED) is 0.786. The lowest BCUT2D eigenvalue weighted by Gasteiger charge is -2.14. The molecule has 0 unspecified atom stereocenters. The van der Waals surface area contributed by atoms with E-state index in [0.717, 1.165) is 16.7 Å². The lowest BCUT2D eigenvalue weighted by Crippen LogP contribution is -2.41. The van der Waals surface area contributed by atoms with Gasteiger partial charge in [0.1, 0.15) is 12.3 Å². The smallest absolute Gasteiger partial charge is 0.294 e. The van der Waals surface area contributed by atoms with Crippen LogP contribution >= 0.6 is 11.8 Å². The van der Waals surface area contributed by atoms with Gasteiger partial charge in [0, 0.05) is 19.2 Å². The Morgan fingerprint density at radius 1 is 1.45 bits per heavy atom. The second-order valence-corrected chi connectivity index (χ2v) is 5.93. The minimum Gasteiger partial charge on any atom is -0.465 e. The molecule has 0 aromatic carbocycles. The molecule has 7 nitrogen and oxygen atoms in total. The molecule has 1 aromatic rings. The predicted octanol–water partition coefficient (Wildman–Crippen LogP) is 0.994. The molecule has 0 radical (unpaired) electrons. The maximum atomic E-state index is 12.1. The van der Waals surface area contributed by atoms with Gasteiger partial charge in [-0.05, 0) is 38.0 Å². The van der Waals surface area contributed by atoms with Gasteiger partial charge in [0.25, 0.3) is 11.1 Å². The number of imide groups is 1. The van der Waals surface area contributed by atoms with Gasteiger partial charge in [-0.15, -0.1) is 0 Å². The zero-order valence-corrected chi connectivity index (χ0v) is 13.2. The van der Waals surface area contributed by atoms with E-state index < -0.39 is 11.1 Å². The molecule has 1 aliphatic heterocycles. The normalized spacial score (nSPS) is 16.9. The third kappa shape index (κ3) is 4.22. The highest BCUT2D eigenvalue weighted by Gasteiger charge is 2.36. The number of hydrogen-bond donors (Lipinski definition) is 1. The molecule has 1 aliphatic rings. The van der Waals surface area contributed by atoms with E-state index in [9.17, 15) is 14.4 Å². The summed E-state index contributed by atoms with van der Waals surface area (Å²) < 4.78 is 5.12. The van der Waals surface area contributed by atoms with Crippen molar-refractivity contribution < 1.29 is 18.8 Å². The number of furan rings is 1. The molecule has 118 valence electrons. The molecule has 2 heterocycles. The topological polar surface area (TPSA) is 82.9 Å². The van der Waals surface area contributed by atoms with Crippen molar-refractivity contribution in [2.75, 3.05) is 33.7 Å². The number of amides is 3.